The van der Waals surface area contributed by atoms with E-state index in [0.717, 1.165) is 22.3 Å². The van der Waals surface area contributed by atoms with Crippen molar-refractivity contribution in [2.24, 2.45) is 0 Å². The Bertz CT molecular complexity index is 699. The highest BCUT2D eigenvalue weighted by Crippen LogP contribution is 2.31. The van der Waals surface area contributed by atoms with Crippen LogP contribution in [-0.4, -0.2) is 13.4 Å². The normalized spacial score (nSPS) is 11.8. The predicted molar refractivity (Wildman–Crippen MR) is 73.7 cm³/mol. The number of hydrogen-bond donors (Lipinski definition) is 1. The van der Waals surface area contributed by atoms with E-state index in [1.165, 1.54) is 11.6 Å². The van der Waals surface area contributed by atoms with Crippen molar-refractivity contribution in [1.82, 2.24) is 4.98 Å². The highest BCUT2D eigenvalue weighted by Gasteiger charge is 2.25. The molecule has 0 aliphatic heterocycles. The molecule has 2 aromatic heterocycles. The molecule has 0 aromatic carbocycles. The van der Waals surface area contributed by atoms with Crippen molar-refractivity contribution in [2.45, 2.75) is 24.7 Å². The lowest BCUT2D eigenvalue weighted by molar-refractivity contribution is 0.148. The van der Waals surface area contributed by atoms with Crippen molar-refractivity contribution in [2.75, 3.05) is 4.72 Å². The standard InChI is InChI=1S/C12H12F2N2O2S2/c1-2-8-3-4-15-5-10(8)16-20(17,18)11-7-19-6-9(11)12(13)14/h3-7,12,16H,2H2,1H3. The number of rotatable bonds is 5. The molecule has 0 aliphatic rings. The van der Waals surface area contributed by atoms with E-state index in [-0.39, 0.29) is 4.90 Å². The third-order valence-electron chi connectivity index (χ3n) is 2.72. The van der Waals surface area contributed by atoms with Gasteiger partial charge in [-0.05, 0) is 18.1 Å². The molecular weight excluding hydrogens is 306 g/mol. The van der Waals surface area contributed by atoms with Crippen LogP contribution in [0, 0.1) is 0 Å². The summed E-state index contributed by atoms with van der Waals surface area (Å²) in [7, 11) is -4.04. The second kappa shape index (κ2) is 5.84. The Kier molecular flexibility index (Phi) is 4.34. The van der Waals surface area contributed by atoms with Gasteiger partial charge in [0.05, 0.1) is 11.9 Å². The molecule has 0 unspecified atom stereocenters. The van der Waals surface area contributed by atoms with Gasteiger partial charge in [0.2, 0.25) is 0 Å². The zero-order valence-corrected chi connectivity index (χ0v) is 12.1. The fourth-order valence-corrected chi connectivity index (χ4v) is 4.19. The molecule has 0 amide bonds. The number of halogens is 2. The van der Waals surface area contributed by atoms with Crippen LogP contribution in [0.5, 0.6) is 0 Å². The Hall–Kier alpha value is -1.54. The monoisotopic (exact) mass is 318 g/mol. The van der Waals surface area contributed by atoms with Gasteiger partial charge in [0.25, 0.3) is 16.4 Å². The number of anilines is 1. The molecule has 1 N–H and O–H groups in total. The average Bonchev–Trinajstić information content (AvgIpc) is 2.89. The van der Waals surface area contributed by atoms with E-state index in [1.54, 1.807) is 12.3 Å². The number of thiophene rings is 1. The minimum absolute atomic E-state index is 0.307. The first-order valence-corrected chi connectivity index (χ1v) is 8.18. The summed E-state index contributed by atoms with van der Waals surface area (Å²) in [6, 6.07) is 1.68. The molecule has 2 rings (SSSR count). The molecule has 0 bridgehead atoms. The summed E-state index contributed by atoms with van der Waals surface area (Å²) < 4.78 is 52.3. The molecular formula is C12H12F2N2O2S2. The smallest absolute Gasteiger partial charge is 0.265 e. The maximum Gasteiger partial charge on any atom is 0.265 e. The summed E-state index contributed by atoms with van der Waals surface area (Å²) in [4.78, 5) is 3.46. The molecule has 4 nitrogen and oxygen atoms in total. The number of pyridine rings is 1. The molecule has 2 heterocycles. The number of hydrogen-bond acceptors (Lipinski definition) is 4. The van der Waals surface area contributed by atoms with E-state index >= 15 is 0 Å². The van der Waals surface area contributed by atoms with Crippen LogP contribution in [0.25, 0.3) is 0 Å². The van der Waals surface area contributed by atoms with E-state index in [1.807, 2.05) is 6.92 Å². The van der Waals surface area contributed by atoms with Gasteiger partial charge < -0.3 is 0 Å². The Morgan fingerprint density at radius 3 is 2.80 bits per heavy atom. The van der Waals surface area contributed by atoms with Crippen LogP contribution in [-0.2, 0) is 16.4 Å². The maximum absolute atomic E-state index is 12.8. The van der Waals surface area contributed by atoms with Gasteiger partial charge in [-0.1, -0.05) is 6.92 Å². The molecule has 2 aromatic rings. The number of sulfonamides is 1. The highest BCUT2D eigenvalue weighted by molar-refractivity contribution is 7.93. The van der Waals surface area contributed by atoms with Crippen LogP contribution in [0.4, 0.5) is 14.5 Å². The van der Waals surface area contributed by atoms with E-state index in [9.17, 15) is 17.2 Å². The van der Waals surface area contributed by atoms with E-state index < -0.39 is 22.0 Å². The van der Waals surface area contributed by atoms with Crippen molar-refractivity contribution in [3.8, 4) is 0 Å². The predicted octanol–water partition coefficient (Wildman–Crippen LogP) is 3.44. The minimum Gasteiger partial charge on any atom is -0.278 e. The van der Waals surface area contributed by atoms with Crippen LogP contribution in [0.2, 0.25) is 0 Å². The first-order chi connectivity index (χ1) is 9.45. The highest BCUT2D eigenvalue weighted by atomic mass is 32.2. The summed E-state index contributed by atoms with van der Waals surface area (Å²) in [6.45, 7) is 1.86. The molecule has 0 saturated carbocycles. The first kappa shape index (κ1) is 14.9. The van der Waals surface area contributed by atoms with Crippen molar-refractivity contribution < 1.29 is 17.2 Å². The second-order valence-electron chi connectivity index (χ2n) is 3.98. The van der Waals surface area contributed by atoms with Crippen LogP contribution < -0.4 is 4.72 Å². The molecule has 0 fully saturated rings. The zero-order valence-electron chi connectivity index (χ0n) is 10.5. The van der Waals surface area contributed by atoms with Gasteiger partial charge in [-0.25, -0.2) is 17.2 Å². The fourth-order valence-electron chi connectivity index (χ4n) is 1.70. The van der Waals surface area contributed by atoms with Gasteiger partial charge in [0.15, 0.2) is 0 Å². The van der Waals surface area contributed by atoms with Crippen molar-refractivity contribution in [3.05, 3.63) is 40.3 Å². The maximum atomic E-state index is 12.8. The Labute approximate surface area is 119 Å². The lowest BCUT2D eigenvalue weighted by Gasteiger charge is -2.11. The summed E-state index contributed by atoms with van der Waals surface area (Å²) >= 11 is 0.927. The molecule has 8 heteroatoms. The average molecular weight is 318 g/mol. The van der Waals surface area contributed by atoms with E-state index in [2.05, 4.69) is 9.71 Å². The van der Waals surface area contributed by atoms with Gasteiger partial charge in [-0.3, -0.25) is 9.71 Å². The molecule has 0 aliphatic carbocycles. The van der Waals surface area contributed by atoms with Crippen LogP contribution in [0.1, 0.15) is 24.5 Å². The third-order valence-corrected chi connectivity index (χ3v) is 5.05. The number of alkyl halides is 2. The number of aryl methyl sites for hydroxylation is 1. The largest absolute Gasteiger partial charge is 0.278 e. The van der Waals surface area contributed by atoms with Gasteiger partial charge in [0.1, 0.15) is 4.90 Å². The van der Waals surface area contributed by atoms with Crippen molar-refractivity contribution in [1.29, 1.82) is 0 Å². The molecule has 0 saturated heterocycles. The molecule has 0 radical (unpaired) electrons. The van der Waals surface area contributed by atoms with E-state index in [0.29, 0.717) is 12.1 Å². The first-order valence-electron chi connectivity index (χ1n) is 5.75. The quantitative estimate of drug-likeness (QED) is 0.918. The minimum atomic E-state index is -4.04. The van der Waals surface area contributed by atoms with Crippen LogP contribution >= 0.6 is 11.3 Å². The van der Waals surface area contributed by atoms with Crippen LogP contribution in [0.3, 0.4) is 0 Å². The number of aromatic nitrogens is 1. The summed E-state index contributed by atoms with van der Waals surface area (Å²) in [6.07, 6.45) is 0.690. The zero-order chi connectivity index (χ0) is 14.8. The number of nitrogens with zero attached hydrogens (tertiary/aromatic N) is 1. The van der Waals surface area contributed by atoms with Gasteiger partial charge >= 0.3 is 0 Å². The van der Waals surface area contributed by atoms with Crippen molar-refractivity contribution >= 4 is 27.0 Å². The SMILES string of the molecule is CCc1ccncc1NS(=O)(=O)c1cscc1C(F)F. The lowest BCUT2D eigenvalue weighted by atomic mass is 10.2. The van der Waals surface area contributed by atoms with Gasteiger partial charge in [0, 0.05) is 22.5 Å². The van der Waals surface area contributed by atoms with Gasteiger partial charge in [-0.2, -0.15) is 11.3 Å². The fraction of sp³-hybridized carbons (Fsp3) is 0.250. The molecule has 20 heavy (non-hydrogen) atoms. The third kappa shape index (κ3) is 2.96. The molecule has 0 spiro atoms. The lowest BCUT2D eigenvalue weighted by Crippen LogP contribution is -2.15. The van der Waals surface area contributed by atoms with Crippen LogP contribution in [0.15, 0.2) is 34.1 Å². The molecule has 108 valence electrons. The topological polar surface area (TPSA) is 59.1 Å². The molecule has 0 atom stereocenters. The summed E-state index contributed by atoms with van der Waals surface area (Å²) in [5, 5.41) is 2.34. The Morgan fingerprint density at radius 1 is 1.40 bits per heavy atom. The Morgan fingerprint density at radius 2 is 2.15 bits per heavy atom. The van der Waals surface area contributed by atoms with Gasteiger partial charge in [-0.15, -0.1) is 0 Å². The summed E-state index contributed by atoms with van der Waals surface area (Å²) in [5.41, 5.74) is 0.572. The summed E-state index contributed by atoms with van der Waals surface area (Å²) in [5.74, 6) is 0. The van der Waals surface area contributed by atoms with Crippen molar-refractivity contribution in [3.63, 3.8) is 0 Å². The Balaban J connectivity index is 2.39. The van der Waals surface area contributed by atoms with E-state index in [4.69, 9.17) is 0 Å². The number of nitrogens with one attached hydrogen (secondary N) is 1. The second-order valence-corrected chi connectivity index (χ2v) is 6.38.